The maximum absolute atomic E-state index is 13.3. The van der Waals surface area contributed by atoms with Crippen LogP contribution >= 0.6 is 0 Å². The number of piperazine rings is 1. The second-order valence-corrected chi connectivity index (χ2v) is 17.4. The zero-order valence-corrected chi connectivity index (χ0v) is 38.7. The van der Waals surface area contributed by atoms with Gasteiger partial charge in [-0.05, 0) is 38.5 Å². The molecule has 0 spiro atoms. The fraction of sp³-hybridized carbons (Fsp3) is 0.938. The third-order valence-electron chi connectivity index (χ3n) is 12.2. The molecule has 0 aromatic heterocycles. The van der Waals surface area contributed by atoms with Crippen LogP contribution in [0.4, 0.5) is 0 Å². The Hall–Kier alpha value is -1.71. The molecule has 0 bridgehead atoms. The molecule has 57 heavy (non-hydrogen) atoms. The van der Waals surface area contributed by atoms with Gasteiger partial charge >= 0.3 is 5.97 Å². The van der Waals surface area contributed by atoms with Crippen LogP contribution < -0.4 is 10.6 Å². The minimum atomic E-state index is 0.00736. The van der Waals surface area contributed by atoms with Crippen molar-refractivity contribution in [3.63, 3.8) is 0 Å². The molecular formula is C48H95N5O4. The Morgan fingerprint density at radius 1 is 0.491 bits per heavy atom. The smallest absolute Gasteiger partial charge is 0.308 e. The summed E-state index contributed by atoms with van der Waals surface area (Å²) in [7, 11) is 0. The van der Waals surface area contributed by atoms with Crippen LogP contribution in [0.1, 0.15) is 208 Å². The summed E-state index contributed by atoms with van der Waals surface area (Å²) in [6.07, 6.45) is 28.5. The van der Waals surface area contributed by atoms with Gasteiger partial charge in [-0.3, -0.25) is 24.2 Å². The number of hydrogen-bond donors (Lipinski definition) is 2. The molecule has 1 fully saturated rings. The van der Waals surface area contributed by atoms with Gasteiger partial charge in [0.2, 0.25) is 11.8 Å². The van der Waals surface area contributed by atoms with Crippen LogP contribution in [-0.2, 0) is 19.1 Å². The molecule has 9 heteroatoms. The van der Waals surface area contributed by atoms with Crippen LogP contribution in [0.3, 0.4) is 0 Å². The summed E-state index contributed by atoms with van der Waals surface area (Å²) < 4.78 is 5.84. The Labute approximate surface area is 353 Å². The molecule has 3 unspecified atom stereocenters. The van der Waals surface area contributed by atoms with Crippen molar-refractivity contribution in [1.29, 1.82) is 0 Å². The van der Waals surface area contributed by atoms with Crippen molar-refractivity contribution >= 4 is 17.8 Å². The maximum Gasteiger partial charge on any atom is 0.308 e. The average Bonchev–Trinajstić information content (AvgIpc) is 3.21. The highest BCUT2D eigenvalue weighted by atomic mass is 16.5. The van der Waals surface area contributed by atoms with Gasteiger partial charge in [0.15, 0.2) is 0 Å². The number of amides is 2. The molecule has 0 aromatic carbocycles. The Kier molecular flexibility index (Phi) is 34.9. The first-order valence-corrected chi connectivity index (χ1v) is 24.7. The van der Waals surface area contributed by atoms with E-state index in [1.54, 1.807) is 0 Å². The second kappa shape index (κ2) is 37.3. The van der Waals surface area contributed by atoms with E-state index >= 15 is 0 Å². The predicted octanol–water partition coefficient (Wildman–Crippen LogP) is 10.3. The van der Waals surface area contributed by atoms with Crippen LogP contribution in [0.25, 0.3) is 0 Å². The molecule has 0 radical (unpaired) electrons. The van der Waals surface area contributed by atoms with Gasteiger partial charge in [-0.2, -0.15) is 0 Å². The lowest BCUT2D eigenvalue weighted by atomic mass is 9.95. The Balaban J connectivity index is 2.71. The van der Waals surface area contributed by atoms with Crippen molar-refractivity contribution in [2.24, 2.45) is 5.92 Å². The Morgan fingerprint density at radius 3 is 1.33 bits per heavy atom. The van der Waals surface area contributed by atoms with E-state index in [0.29, 0.717) is 32.5 Å². The molecule has 1 saturated heterocycles. The zero-order valence-electron chi connectivity index (χ0n) is 38.7. The fourth-order valence-corrected chi connectivity index (χ4v) is 8.13. The first-order chi connectivity index (χ1) is 27.8. The molecule has 1 rings (SSSR count). The van der Waals surface area contributed by atoms with Gasteiger partial charge in [0.1, 0.15) is 6.61 Å². The lowest BCUT2D eigenvalue weighted by Crippen LogP contribution is -2.49. The lowest BCUT2D eigenvalue weighted by molar-refractivity contribution is -0.149. The van der Waals surface area contributed by atoms with Crippen molar-refractivity contribution in [2.75, 3.05) is 65.5 Å². The summed E-state index contributed by atoms with van der Waals surface area (Å²) in [5.74, 6) is 0.355. The first kappa shape index (κ1) is 53.3. The fourth-order valence-electron chi connectivity index (χ4n) is 8.13. The van der Waals surface area contributed by atoms with E-state index in [-0.39, 0.29) is 35.8 Å². The molecule has 0 aromatic rings. The quantitative estimate of drug-likeness (QED) is 0.0472. The third-order valence-corrected chi connectivity index (χ3v) is 12.2. The predicted molar refractivity (Wildman–Crippen MR) is 242 cm³/mol. The SMILES string of the molecule is CCCCCCC(CCCC)NC(=O)CCN(CCC(=O)NC(CCCC)CCCCCC)CCN1CCN(CCOC(=O)C(CCCC)CCCCCC)CC1. The minimum Gasteiger partial charge on any atom is -0.464 e. The van der Waals surface area contributed by atoms with Crippen molar-refractivity contribution in [3.8, 4) is 0 Å². The number of rotatable bonds is 39. The van der Waals surface area contributed by atoms with Crippen LogP contribution in [0.2, 0.25) is 0 Å². The van der Waals surface area contributed by atoms with E-state index in [9.17, 15) is 14.4 Å². The first-order valence-electron chi connectivity index (χ1n) is 24.7. The molecule has 2 N–H and O–H groups in total. The molecular weight excluding hydrogens is 711 g/mol. The maximum atomic E-state index is 13.3. The molecule has 336 valence electrons. The van der Waals surface area contributed by atoms with E-state index in [4.69, 9.17) is 4.74 Å². The van der Waals surface area contributed by atoms with E-state index in [2.05, 4.69) is 66.9 Å². The highest BCUT2D eigenvalue weighted by molar-refractivity contribution is 5.77. The van der Waals surface area contributed by atoms with Crippen LogP contribution in [0, 0.1) is 5.92 Å². The van der Waals surface area contributed by atoms with E-state index < -0.39 is 0 Å². The van der Waals surface area contributed by atoms with Gasteiger partial charge in [0, 0.05) is 83.8 Å². The Bertz CT molecular complexity index is 917. The molecule has 0 aliphatic carbocycles. The van der Waals surface area contributed by atoms with E-state index in [0.717, 1.165) is 129 Å². The lowest BCUT2D eigenvalue weighted by Gasteiger charge is -2.35. The number of carbonyl (C=O) groups excluding carboxylic acids is 3. The molecule has 1 heterocycles. The molecule has 2 amide bonds. The summed E-state index contributed by atoms with van der Waals surface area (Å²) in [5, 5.41) is 6.79. The zero-order chi connectivity index (χ0) is 41.8. The molecule has 1 aliphatic rings. The number of esters is 1. The molecule has 9 nitrogen and oxygen atoms in total. The summed E-state index contributed by atoms with van der Waals surface area (Å²) in [4.78, 5) is 46.9. The highest BCUT2D eigenvalue weighted by Crippen LogP contribution is 2.19. The standard InChI is InChI=1S/C48H95N5O4/c1-7-13-19-22-26-43(25-16-10-4)48(56)57-42-41-53-39-37-52(38-40-53)36-35-51(33-31-46(54)49-44(27-17-11-5)29-23-20-14-8-2)34-32-47(55)50-45(28-18-12-6)30-24-21-15-9-3/h43-45H,7-42H2,1-6H3,(H,49,54)(H,50,55). The summed E-state index contributed by atoms with van der Waals surface area (Å²) in [5.41, 5.74) is 0. The largest absolute Gasteiger partial charge is 0.464 e. The number of ether oxygens (including phenoxy) is 1. The van der Waals surface area contributed by atoms with Gasteiger partial charge in [-0.1, -0.05) is 157 Å². The molecule has 0 saturated carbocycles. The van der Waals surface area contributed by atoms with Crippen LogP contribution in [0.15, 0.2) is 0 Å². The normalized spacial score (nSPS) is 15.4. The van der Waals surface area contributed by atoms with Crippen molar-refractivity contribution in [1.82, 2.24) is 25.3 Å². The molecule has 3 atom stereocenters. The number of carbonyl (C=O) groups is 3. The number of nitrogens with zero attached hydrogens (tertiary/aromatic N) is 3. The third kappa shape index (κ3) is 29.2. The van der Waals surface area contributed by atoms with E-state index in [1.807, 2.05) is 0 Å². The van der Waals surface area contributed by atoms with Crippen LogP contribution in [0.5, 0.6) is 0 Å². The summed E-state index contributed by atoms with van der Waals surface area (Å²) in [6, 6.07) is 0.535. The van der Waals surface area contributed by atoms with Crippen molar-refractivity contribution < 1.29 is 19.1 Å². The van der Waals surface area contributed by atoms with Gasteiger partial charge in [-0.25, -0.2) is 0 Å². The number of unbranched alkanes of at least 4 members (excludes halogenated alkanes) is 12. The van der Waals surface area contributed by atoms with Gasteiger partial charge in [-0.15, -0.1) is 0 Å². The monoisotopic (exact) mass is 806 g/mol. The van der Waals surface area contributed by atoms with Crippen molar-refractivity contribution in [3.05, 3.63) is 0 Å². The van der Waals surface area contributed by atoms with Gasteiger partial charge in [0.05, 0.1) is 5.92 Å². The number of hydrogen-bond acceptors (Lipinski definition) is 7. The average molecular weight is 806 g/mol. The minimum absolute atomic E-state index is 0.00736. The molecule has 1 aliphatic heterocycles. The highest BCUT2D eigenvalue weighted by Gasteiger charge is 2.22. The van der Waals surface area contributed by atoms with Crippen molar-refractivity contribution in [2.45, 2.75) is 221 Å². The topological polar surface area (TPSA) is 94.2 Å². The number of nitrogens with one attached hydrogen (secondary N) is 2. The van der Waals surface area contributed by atoms with Gasteiger partial charge < -0.3 is 20.3 Å². The van der Waals surface area contributed by atoms with Crippen LogP contribution in [-0.4, -0.2) is 110 Å². The second-order valence-electron chi connectivity index (χ2n) is 17.4. The summed E-state index contributed by atoms with van der Waals surface area (Å²) >= 11 is 0. The van der Waals surface area contributed by atoms with Gasteiger partial charge in [0.25, 0.3) is 0 Å². The summed E-state index contributed by atoms with van der Waals surface area (Å²) in [6.45, 7) is 21.6. The van der Waals surface area contributed by atoms with E-state index in [1.165, 1.54) is 70.6 Å². The Morgan fingerprint density at radius 2 is 0.877 bits per heavy atom.